The third-order valence-corrected chi connectivity index (χ3v) is 6.85. The quantitative estimate of drug-likeness (QED) is 0.160. The lowest BCUT2D eigenvalue weighted by Crippen LogP contribution is -2.58. The number of benzene rings is 1. The van der Waals surface area contributed by atoms with Crippen molar-refractivity contribution < 1.29 is 34.2 Å². The van der Waals surface area contributed by atoms with E-state index in [1.807, 2.05) is 31.2 Å². The molecule has 0 radical (unpaired) electrons. The molecule has 12 nitrogen and oxygen atoms in total. The fourth-order valence-electron chi connectivity index (χ4n) is 4.36. The number of hydrogen-bond acceptors (Lipinski definition) is 6. The van der Waals surface area contributed by atoms with Crippen LogP contribution in [0.2, 0.25) is 0 Å². The van der Waals surface area contributed by atoms with E-state index in [1.165, 1.54) is 0 Å². The summed E-state index contributed by atoms with van der Waals surface area (Å²) in [5.41, 5.74) is 7.96. The largest absolute Gasteiger partial charge is 0.481 e. The zero-order chi connectivity index (χ0) is 30.0. The van der Waals surface area contributed by atoms with Gasteiger partial charge in [-0.15, -0.1) is 0 Å². The molecule has 0 bridgehead atoms. The summed E-state index contributed by atoms with van der Waals surface area (Å²) < 4.78 is 0. The van der Waals surface area contributed by atoms with Crippen molar-refractivity contribution in [2.45, 2.75) is 84.0 Å². The van der Waals surface area contributed by atoms with Crippen molar-refractivity contribution in [1.29, 1.82) is 0 Å². The zero-order valence-electron chi connectivity index (χ0n) is 23.4. The van der Waals surface area contributed by atoms with Crippen LogP contribution in [-0.2, 0) is 30.4 Å². The first kappa shape index (κ1) is 32.3. The average molecular weight is 560 g/mol. The van der Waals surface area contributed by atoms with Crippen molar-refractivity contribution in [3.8, 4) is 0 Å². The van der Waals surface area contributed by atoms with Gasteiger partial charge in [-0.25, -0.2) is 4.79 Å². The molecule has 8 N–H and O–H groups in total. The molecule has 1 aromatic heterocycles. The van der Waals surface area contributed by atoms with Crippen molar-refractivity contribution in [3.63, 3.8) is 0 Å². The summed E-state index contributed by atoms with van der Waals surface area (Å²) in [7, 11) is 0. The number of carbonyl (C=O) groups excluding carboxylic acids is 3. The standard InChI is InChI=1S/C28H41N5O7/c1-5-16(4)24(33-25(36)19(29)13-17-14-30-20-9-7-6-8-18(17)20)27(38)31-21(10-11-23(34)35)26(37)32-22(28(39)40)12-15(2)3/h6-9,14-16,19,21-22,24,30H,5,10-13,29H2,1-4H3,(H,31,38)(H,32,37)(H,33,36)(H,34,35)(H,39,40). The van der Waals surface area contributed by atoms with Gasteiger partial charge >= 0.3 is 11.9 Å². The molecule has 0 spiro atoms. The minimum absolute atomic E-state index is 0.0353. The number of H-pyrrole nitrogens is 1. The van der Waals surface area contributed by atoms with E-state index in [4.69, 9.17) is 10.8 Å². The lowest BCUT2D eigenvalue weighted by atomic mass is 9.96. The van der Waals surface area contributed by atoms with E-state index < -0.39 is 60.2 Å². The summed E-state index contributed by atoms with van der Waals surface area (Å²) >= 11 is 0. The zero-order valence-corrected chi connectivity index (χ0v) is 23.4. The smallest absolute Gasteiger partial charge is 0.326 e. The number of amides is 3. The summed E-state index contributed by atoms with van der Waals surface area (Å²) in [6, 6.07) is 3.05. The Hall–Kier alpha value is -3.93. The third-order valence-electron chi connectivity index (χ3n) is 6.85. The summed E-state index contributed by atoms with van der Waals surface area (Å²) in [6.45, 7) is 7.19. The minimum atomic E-state index is -1.32. The summed E-state index contributed by atoms with van der Waals surface area (Å²) in [4.78, 5) is 65.3. The number of para-hydroxylation sites is 1. The first-order valence-electron chi connectivity index (χ1n) is 13.5. The molecule has 0 saturated carbocycles. The number of carboxylic acid groups (broad SMARTS) is 2. The van der Waals surface area contributed by atoms with Crippen molar-refractivity contribution in [2.24, 2.45) is 17.6 Å². The SMILES string of the molecule is CCC(C)C(NC(=O)C(N)Cc1c[nH]c2ccccc12)C(=O)NC(CCC(=O)O)C(=O)NC(CC(C)C)C(=O)O. The van der Waals surface area contributed by atoms with Gasteiger partial charge in [-0.1, -0.05) is 52.3 Å². The fraction of sp³-hybridized carbons (Fsp3) is 0.536. The van der Waals surface area contributed by atoms with Gasteiger partial charge in [0.05, 0.1) is 6.04 Å². The van der Waals surface area contributed by atoms with E-state index in [0.717, 1.165) is 16.5 Å². The number of aromatic amines is 1. The Bertz CT molecular complexity index is 1190. The van der Waals surface area contributed by atoms with E-state index in [1.54, 1.807) is 27.0 Å². The number of aliphatic carboxylic acids is 2. The molecule has 2 aromatic rings. The van der Waals surface area contributed by atoms with Gasteiger partial charge in [-0.3, -0.25) is 19.2 Å². The topological polar surface area (TPSA) is 204 Å². The highest BCUT2D eigenvalue weighted by molar-refractivity contribution is 5.94. The molecular formula is C28H41N5O7. The Balaban J connectivity index is 2.16. The molecule has 0 saturated heterocycles. The molecule has 0 aliphatic rings. The van der Waals surface area contributed by atoms with Crippen LogP contribution in [-0.4, -0.2) is 69.0 Å². The van der Waals surface area contributed by atoms with Gasteiger partial charge in [0.15, 0.2) is 0 Å². The number of fused-ring (bicyclic) bond motifs is 1. The number of hydrogen-bond donors (Lipinski definition) is 7. The van der Waals surface area contributed by atoms with Gasteiger partial charge in [0.2, 0.25) is 17.7 Å². The van der Waals surface area contributed by atoms with Crippen LogP contribution in [0.25, 0.3) is 10.9 Å². The van der Waals surface area contributed by atoms with Crippen LogP contribution in [0.5, 0.6) is 0 Å². The molecular weight excluding hydrogens is 518 g/mol. The van der Waals surface area contributed by atoms with Crippen LogP contribution in [0.3, 0.4) is 0 Å². The molecule has 1 aromatic carbocycles. The Labute approximate surface area is 233 Å². The molecule has 40 heavy (non-hydrogen) atoms. The number of carboxylic acids is 2. The normalized spacial score (nSPS) is 15.1. The number of nitrogens with two attached hydrogens (primary N) is 1. The van der Waals surface area contributed by atoms with Crippen LogP contribution < -0.4 is 21.7 Å². The van der Waals surface area contributed by atoms with E-state index in [2.05, 4.69) is 20.9 Å². The maximum absolute atomic E-state index is 13.3. The van der Waals surface area contributed by atoms with Gasteiger partial charge in [0, 0.05) is 23.5 Å². The van der Waals surface area contributed by atoms with Crippen molar-refractivity contribution in [1.82, 2.24) is 20.9 Å². The van der Waals surface area contributed by atoms with E-state index in [9.17, 15) is 29.1 Å². The molecule has 220 valence electrons. The maximum atomic E-state index is 13.3. The van der Waals surface area contributed by atoms with Gasteiger partial charge < -0.3 is 36.9 Å². The monoisotopic (exact) mass is 559 g/mol. The molecule has 2 rings (SSSR count). The second kappa shape index (κ2) is 15.0. The molecule has 0 aliphatic carbocycles. The Morgan fingerprint density at radius 3 is 2.17 bits per heavy atom. The fourth-order valence-corrected chi connectivity index (χ4v) is 4.36. The highest BCUT2D eigenvalue weighted by atomic mass is 16.4. The lowest BCUT2D eigenvalue weighted by molar-refractivity contribution is -0.143. The number of carbonyl (C=O) groups is 5. The molecule has 0 fully saturated rings. The maximum Gasteiger partial charge on any atom is 0.326 e. The summed E-state index contributed by atoms with van der Waals surface area (Å²) in [5.74, 6) is -4.86. The predicted octanol–water partition coefficient (Wildman–Crippen LogP) is 1.53. The van der Waals surface area contributed by atoms with Crippen LogP contribution >= 0.6 is 0 Å². The number of aromatic nitrogens is 1. The van der Waals surface area contributed by atoms with E-state index >= 15 is 0 Å². The van der Waals surface area contributed by atoms with Crippen LogP contribution in [0.15, 0.2) is 30.5 Å². The predicted molar refractivity (Wildman–Crippen MR) is 149 cm³/mol. The lowest BCUT2D eigenvalue weighted by Gasteiger charge is -2.28. The van der Waals surface area contributed by atoms with Crippen LogP contribution in [0.4, 0.5) is 0 Å². The Morgan fingerprint density at radius 2 is 1.57 bits per heavy atom. The van der Waals surface area contributed by atoms with E-state index in [0.29, 0.717) is 6.42 Å². The molecule has 1 heterocycles. The van der Waals surface area contributed by atoms with Crippen molar-refractivity contribution in [3.05, 3.63) is 36.0 Å². The van der Waals surface area contributed by atoms with Gasteiger partial charge in [-0.2, -0.15) is 0 Å². The third kappa shape index (κ3) is 9.37. The highest BCUT2D eigenvalue weighted by Gasteiger charge is 2.33. The Kier molecular flexibility index (Phi) is 12.1. The first-order valence-corrected chi connectivity index (χ1v) is 13.5. The van der Waals surface area contributed by atoms with Gasteiger partial charge in [-0.05, 0) is 42.7 Å². The van der Waals surface area contributed by atoms with Crippen molar-refractivity contribution >= 4 is 40.6 Å². The summed E-state index contributed by atoms with van der Waals surface area (Å²) in [6.07, 6.45) is 1.98. The minimum Gasteiger partial charge on any atom is -0.481 e. The van der Waals surface area contributed by atoms with E-state index in [-0.39, 0.29) is 31.1 Å². The first-order chi connectivity index (χ1) is 18.8. The molecule has 0 aliphatic heterocycles. The van der Waals surface area contributed by atoms with Gasteiger partial charge in [0.1, 0.15) is 18.1 Å². The number of nitrogens with one attached hydrogen (secondary N) is 4. The number of rotatable bonds is 16. The van der Waals surface area contributed by atoms with Gasteiger partial charge in [0.25, 0.3) is 0 Å². The van der Waals surface area contributed by atoms with Crippen LogP contribution in [0.1, 0.15) is 58.9 Å². The van der Waals surface area contributed by atoms with Crippen molar-refractivity contribution in [2.75, 3.05) is 0 Å². The Morgan fingerprint density at radius 1 is 0.925 bits per heavy atom. The molecule has 3 amide bonds. The average Bonchev–Trinajstić information content (AvgIpc) is 3.30. The molecule has 12 heteroatoms. The molecule has 5 atom stereocenters. The highest BCUT2D eigenvalue weighted by Crippen LogP contribution is 2.19. The second-order valence-corrected chi connectivity index (χ2v) is 10.6. The second-order valence-electron chi connectivity index (χ2n) is 10.6. The molecule has 5 unspecified atom stereocenters. The summed E-state index contributed by atoms with van der Waals surface area (Å²) in [5, 5.41) is 27.2. The van der Waals surface area contributed by atoms with Crippen LogP contribution in [0, 0.1) is 11.8 Å².